The van der Waals surface area contributed by atoms with Crippen LogP contribution in [-0.4, -0.2) is 63.2 Å². The van der Waals surface area contributed by atoms with E-state index in [1.54, 1.807) is 44.8 Å². The van der Waals surface area contributed by atoms with E-state index in [1.807, 2.05) is 6.07 Å². The van der Waals surface area contributed by atoms with Crippen molar-refractivity contribution in [3.63, 3.8) is 0 Å². The van der Waals surface area contributed by atoms with Crippen molar-refractivity contribution < 1.29 is 14.3 Å². The number of aromatic nitrogens is 1. The lowest BCUT2D eigenvalue weighted by Gasteiger charge is -2.33. The number of rotatable bonds is 5. The highest BCUT2D eigenvalue weighted by Gasteiger charge is 2.17. The minimum absolute atomic E-state index is 0.236. The summed E-state index contributed by atoms with van der Waals surface area (Å²) < 4.78 is 10.5. The predicted molar refractivity (Wildman–Crippen MR) is 101 cm³/mol. The lowest BCUT2D eigenvalue weighted by atomic mass is 10.2. The second-order valence-corrected chi connectivity index (χ2v) is 6.24. The first kappa shape index (κ1) is 18.0. The van der Waals surface area contributed by atoms with Crippen molar-refractivity contribution in [1.82, 2.24) is 9.88 Å². The Morgan fingerprint density at radius 2 is 1.85 bits per heavy atom. The third-order valence-corrected chi connectivity index (χ3v) is 4.51. The van der Waals surface area contributed by atoms with Crippen molar-refractivity contribution in [1.29, 1.82) is 0 Å². The second kappa shape index (κ2) is 8.05. The highest BCUT2D eigenvalue weighted by atomic mass is 16.5. The molecule has 3 rings (SSSR count). The SMILES string of the molecule is COc1ccc(OC)c(NC(=O)c2cncc(N3CCN(C)CC3)c2)c1. The van der Waals surface area contributed by atoms with E-state index in [-0.39, 0.29) is 5.91 Å². The molecule has 138 valence electrons. The zero-order valence-electron chi connectivity index (χ0n) is 15.4. The molecule has 2 heterocycles. The molecule has 0 saturated carbocycles. The van der Waals surface area contributed by atoms with E-state index < -0.39 is 0 Å². The van der Waals surface area contributed by atoms with E-state index in [2.05, 4.69) is 27.1 Å². The van der Waals surface area contributed by atoms with Crippen LogP contribution >= 0.6 is 0 Å². The molecule has 0 atom stereocenters. The van der Waals surface area contributed by atoms with Gasteiger partial charge in [-0.25, -0.2) is 0 Å². The van der Waals surface area contributed by atoms with Gasteiger partial charge in [0.25, 0.3) is 5.91 Å². The number of ether oxygens (including phenoxy) is 2. The number of benzene rings is 1. The summed E-state index contributed by atoms with van der Waals surface area (Å²) in [5.41, 5.74) is 2.02. The van der Waals surface area contributed by atoms with Gasteiger partial charge in [-0.3, -0.25) is 9.78 Å². The van der Waals surface area contributed by atoms with Gasteiger partial charge < -0.3 is 24.6 Å². The van der Waals surface area contributed by atoms with Gasteiger partial charge in [0.05, 0.1) is 37.4 Å². The zero-order chi connectivity index (χ0) is 18.5. The van der Waals surface area contributed by atoms with Crippen LogP contribution in [0, 0.1) is 0 Å². The fraction of sp³-hybridized carbons (Fsp3) is 0.368. The molecular formula is C19H24N4O3. The molecule has 1 aromatic heterocycles. The third kappa shape index (κ3) is 4.05. The topological polar surface area (TPSA) is 66.9 Å². The molecule has 1 aromatic carbocycles. The summed E-state index contributed by atoms with van der Waals surface area (Å²) in [6.45, 7) is 3.84. The van der Waals surface area contributed by atoms with Crippen molar-refractivity contribution in [3.8, 4) is 11.5 Å². The molecule has 0 aliphatic carbocycles. The number of carbonyl (C=O) groups excluding carboxylic acids is 1. The number of pyridine rings is 1. The summed E-state index contributed by atoms with van der Waals surface area (Å²) in [6, 6.07) is 7.15. The number of hydrogen-bond donors (Lipinski definition) is 1. The fourth-order valence-corrected chi connectivity index (χ4v) is 2.90. The molecule has 0 unspecified atom stereocenters. The Hall–Kier alpha value is -2.80. The molecule has 1 saturated heterocycles. The minimum atomic E-state index is -0.236. The Kier molecular flexibility index (Phi) is 5.58. The number of amides is 1. The van der Waals surface area contributed by atoms with Gasteiger partial charge in [0, 0.05) is 38.4 Å². The summed E-state index contributed by atoms with van der Waals surface area (Å²) in [7, 11) is 5.25. The molecule has 1 amide bonds. The predicted octanol–water partition coefficient (Wildman–Crippen LogP) is 2.10. The van der Waals surface area contributed by atoms with Gasteiger partial charge in [0.2, 0.25) is 0 Å². The number of anilines is 2. The molecule has 1 fully saturated rings. The molecule has 7 nitrogen and oxygen atoms in total. The quantitative estimate of drug-likeness (QED) is 0.885. The van der Waals surface area contributed by atoms with E-state index in [4.69, 9.17) is 9.47 Å². The Bertz CT molecular complexity index is 773. The van der Waals surface area contributed by atoms with Crippen molar-refractivity contribution in [2.45, 2.75) is 0 Å². The summed E-state index contributed by atoms with van der Waals surface area (Å²) in [6.07, 6.45) is 3.37. The second-order valence-electron chi connectivity index (χ2n) is 6.24. The highest BCUT2D eigenvalue weighted by molar-refractivity contribution is 6.05. The molecule has 0 radical (unpaired) electrons. The van der Waals surface area contributed by atoms with Gasteiger partial charge in [0.1, 0.15) is 11.5 Å². The van der Waals surface area contributed by atoms with Crippen LogP contribution in [0.1, 0.15) is 10.4 Å². The standard InChI is InChI=1S/C19H24N4O3/c1-22-6-8-23(9-7-22)15-10-14(12-20-13-15)19(24)21-17-11-16(25-2)4-5-18(17)26-3/h4-5,10-13H,6-9H2,1-3H3,(H,21,24). The minimum Gasteiger partial charge on any atom is -0.497 e. The van der Waals surface area contributed by atoms with Gasteiger partial charge in [-0.15, -0.1) is 0 Å². The first-order valence-electron chi connectivity index (χ1n) is 8.52. The van der Waals surface area contributed by atoms with E-state index in [9.17, 15) is 4.79 Å². The first-order valence-corrected chi connectivity index (χ1v) is 8.52. The monoisotopic (exact) mass is 356 g/mol. The number of nitrogens with one attached hydrogen (secondary N) is 1. The van der Waals surface area contributed by atoms with Crippen LogP contribution in [0.2, 0.25) is 0 Å². The van der Waals surface area contributed by atoms with Crippen LogP contribution in [0.15, 0.2) is 36.7 Å². The van der Waals surface area contributed by atoms with Crippen LogP contribution in [0.25, 0.3) is 0 Å². The molecule has 1 N–H and O–H groups in total. The molecule has 26 heavy (non-hydrogen) atoms. The van der Waals surface area contributed by atoms with Crippen LogP contribution < -0.4 is 19.7 Å². The molecule has 1 aliphatic rings. The summed E-state index contributed by atoms with van der Waals surface area (Å²) in [5, 5.41) is 2.88. The molecular weight excluding hydrogens is 332 g/mol. The Balaban J connectivity index is 1.77. The fourth-order valence-electron chi connectivity index (χ4n) is 2.90. The summed E-state index contributed by atoms with van der Waals surface area (Å²) in [5.74, 6) is 0.979. The van der Waals surface area contributed by atoms with Crippen LogP contribution in [0.3, 0.4) is 0 Å². The number of likely N-dealkylation sites (N-methyl/N-ethyl adjacent to an activating group) is 1. The van der Waals surface area contributed by atoms with Crippen molar-refractivity contribution in [2.24, 2.45) is 0 Å². The third-order valence-electron chi connectivity index (χ3n) is 4.51. The normalized spacial score (nSPS) is 14.8. The van der Waals surface area contributed by atoms with Gasteiger partial charge in [-0.1, -0.05) is 0 Å². The van der Waals surface area contributed by atoms with E-state index in [0.717, 1.165) is 31.9 Å². The molecule has 0 bridgehead atoms. The summed E-state index contributed by atoms with van der Waals surface area (Å²) >= 11 is 0. The highest BCUT2D eigenvalue weighted by Crippen LogP contribution is 2.29. The Morgan fingerprint density at radius 3 is 2.54 bits per heavy atom. The average molecular weight is 356 g/mol. The number of methoxy groups -OCH3 is 2. The number of nitrogens with zero attached hydrogens (tertiary/aromatic N) is 3. The maximum Gasteiger partial charge on any atom is 0.257 e. The van der Waals surface area contributed by atoms with E-state index >= 15 is 0 Å². The molecule has 1 aliphatic heterocycles. The van der Waals surface area contributed by atoms with E-state index in [0.29, 0.717) is 22.7 Å². The Morgan fingerprint density at radius 1 is 1.08 bits per heavy atom. The summed E-state index contributed by atoms with van der Waals surface area (Å²) in [4.78, 5) is 21.5. The van der Waals surface area contributed by atoms with E-state index in [1.165, 1.54) is 0 Å². The number of piperazine rings is 1. The lowest BCUT2D eigenvalue weighted by Crippen LogP contribution is -2.44. The first-order chi connectivity index (χ1) is 12.6. The average Bonchev–Trinajstić information content (AvgIpc) is 2.68. The number of carbonyl (C=O) groups is 1. The van der Waals surface area contributed by atoms with Crippen molar-refractivity contribution >= 4 is 17.3 Å². The van der Waals surface area contributed by atoms with Crippen molar-refractivity contribution in [2.75, 3.05) is 57.7 Å². The lowest BCUT2D eigenvalue weighted by molar-refractivity contribution is 0.102. The maximum atomic E-state index is 12.7. The Labute approximate surface area is 153 Å². The zero-order valence-corrected chi connectivity index (χ0v) is 15.4. The molecule has 0 spiro atoms. The maximum absolute atomic E-state index is 12.7. The van der Waals surface area contributed by atoms with Crippen LogP contribution in [0.5, 0.6) is 11.5 Å². The smallest absolute Gasteiger partial charge is 0.257 e. The van der Waals surface area contributed by atoms with Gasteiger partial charge >= 0.3 is 0 Å². The van der Waals surface area contributed by atoms with Crippen molar-refractivity contribution in [3.05, 3.63) is 42.2 Å². The largest absolute Gasteiger partial charge is 0.497 e. The van der Waals surface area contributed by atoms with Gasteiger partial charge in [-0.2, -0.15) is 0 Å². The molecule has 2 aromatic rings. The molecule has 7 heteroatoms. The van der Waals surface area contributed by atoms with Crippen LogP contribution in [-0.2, 0) is 0 Å². The van der Waals surface area contributed by atoms with Gasteiger partial charge in [-0.05, 0) is 25.2 Å². The number of hydrogen-bond acceptors (Lipinski definition) is 6. The van der Waals surface area contributed by atoms with Crippen LogP contribution in [0.4, 0.5) is 11.4 Å². The van der Waals surface area contributed by atoms with Gasteiger partial charge in [0.15, 0.2) is 0 Å².